The summed E-state index contributed by atoms with van der Waals surface area (Å²) < 4.78 is 1.49. The largest absolute Gasteiger partial charge is 0.347 e. The van der Waals surface area contributed by atoms with Crippen LogP contribution in [0, 0.1) is 5.92 Å². The highest BCUT2D eigenvalue weighted by atomic mass is 32.1. The molecule has 2 aromatic heterocycles. The topological polar surface area (TPSA) is 79.6 Å². The lowest BCUT2D eigenvalue weighted by atomic mass is 10.0. The average molecular weight is 383 g/mol. The van der Waals surface area contributed by atoms with Crippen LogP contribution in [0.1, 0.15) is 35.8 Å². The molecule has 1 atom stereocenters. The van der Waals surface area contributed by atoms with Gasteiger partial charge in [0.05, 0.1) is 0 Å². The van der Waals surface area contributed by atoms with Crippen LogP contribution in [-0.2, 0) is 6.54 Å². The first-order valence-electron chi connectivity index (χ1n) is 9.08. The first-order chi connectivity index (χ1) is 13.1. The summed E-state index contributed by atoms with van der Waals surface area (Å²) in [5, 5.41) is 8.24. The minimum atomic E-state index is -0.429. The molecule has 1 fully saturated rings. The molecule has 140 valence electrons. The van der Waals surface area contributed by atoms with Crippen LogP contribution >= 0.6 is 11.3 Å². The zero-order chi connectivity index (χ0) is 18.8. The number of hydrogen-bond acceptors (Lipinski definition) is 6. The van der Waals surface area contributed by atoms with Gasteiger partial charge in [0.25, 0.3) is 11.5 Å². The summed E-state index contributed by atoms with van der Waals surface area (Å²) in [6, 6.07) is 10.9. The van der Waals surface area contributed by atoms with Gasteiger partial charge in [-0.15, -0.1) is 5.10 Å². The first kappa shape index (κ1) is 17.7. The molecule has 1 aromatic carbocycles. The summed E-state index contributed by atoms with van der Waals surface area (Å²) in [5.74, 6) is 0.268. The van der Waals surface area contributed by atoms with E-state index in [-0.39, 0.29) is 11.6 Å². The monoisotopic (exact) mass is 383 g/mol. The normalized spacial score (nSPS) is 17.2. The maximum absolute atomic E-state index is 12.7. The van der Waals surface area contributed by atoms with E-state index in [9.17, 15) is 9.59 Å². The number of amides is 1. The summed E-state index contributed by atoms with van der Waals surface area (Å²) in [4.78, 5) is 31.3. The van der Waals surface area contributed by atoms with Crippen LogP contribution in [-0.4, -0.2) is 33.6 Å². The molecule has 3 heterocycles. The highest BCUT2D eigenvalue weighted by Gasteiger charge is 2.22. The molecule has 0 saturated carbocycles. The number of benzene rings is 1. The quantitative estimate of drug-likeness (QED) is 0.748. The molecule has 4 rings (SSSR count). The van der Waals surface area contributed by atoms with Crippen LogP contribution in [0.15, 0.2) is 41.2 Å². The van der Waals surface area contributed by atoms with Gasteiger partial charge in [0.15, 0.2) is 0 Å². The SMILES string of the molecule is C[C@@H]1CCCN(c2nn3c(C(=O)NCc4ccccc4)cc(=O)nc3s2)C1. The van der Waals surface area contributed by atoms with Gasteiger partial charge in [0, 0.05) is 25.7 Å². The molecule has 0 unspecified atom stereocenters. The van der Waals surface area contributed by atoms with Crippen molar-refractivity contribution in [3.05, 3.63) is 58.0 Å². The predicted molar refractivity (Wildman–Crippen MR) is 105 cm³/mol. The second-order valence-corrected chi connectivity index (χ2v) is 7.85. The molecule has 0 radical (unpaired) electrons. The van der Waals surface area contributed by atoms with E-state index in [1.165, 1.54) is 28.3 Å². The van der Waals surface area contributed by atoms with Gasteiger partial charge in [-0.3, -0.25) is 9.59 Å². The van der Waals surface area contributed by atoms with Gasteiger partial charge in [0.1, 0.15) is 5.69 Å². The second kappa shape index (κ2) is 7.48. The van der Waals surface area contributed by atoms with Crippen LogP contribution in [0.4, 0.5) is 5.13 Å². The van der Waals surface area contributed by atoms with Crippen molar-refractivity contribution in [3.8, 4) is 0 Å². The Morgan fingerprint density at radius 2 is 2.15 bits per heavy atom. The smallest absolute Gasteiger partial charge is 0.274 e. The Balaban J connectivity index is 1.61. The molecule has 1 aliphatic heterocycles. The molecule has 0 spiro atoms. The molecule has 8 heteroatoms. The highest BCUT2D eigenvalue weighted by Crippen LogP contribution is 2.27. The third-order valence-electron chi connectivity index (χ3n) is 4.70. The van der Waals surface area contributed by atoms with Gasteiger partial charge in [-0.1, -0.05) is 48.6 Å². The highest BCUT2D eigenvalue weighted by molar-refractivity contribution is 7.20. The minimum Gasteiger partial charge on any atom is -0.347 e. The number of rotatable bonds is 4. The molecule has 3 aromatic rings. The Morgan fingerprint density at radius 1 is 1.33 bits per heavy atom. The van der Waals surface area contributed by atoms with Gasteiger partial charge in [0.2, 0.25) is 10.1 Å². The Labute approximate surface area is 160 Å². The summed E-state index contributed by atoms with van der Waals surface area (Å²) >= 11 is 1.35. The maximum atomic E-state index is 12.7. The zero-order valence-corrected chi connectivity index (χ0v) is 15.9. The molecule has 1 aliphatic rings. The van der Waals surface area contributed by atoms with Crippen LogP contribution in [0.3, 0.4) is 0 Å². The molecule has 1 saturated heterocycles. The Kier molecular flexibility index (Phi) is 4.89. The number of anilines is 1. The molecule has 27 heavy (non-hydrogen) atoms. The Bertz CT molecular complexity index is 1010. The van der Waals surface area contributed by atoms with E-state index in [1.54, 1.807) is 0 Å². The van der Waals surface area contributed by atoms with E-state index in [4.69, 9.17) is 0 Å². The van der Waals surface area contributed by atoms with E-state index in [0.29, 0.717) is 17.4 Å². The predicted octanol–water partition coefficient (Wildman–Crippen LogP) is 2.32. The number of nitrogens with zero attached hydrogens (tertiary/aromatic N) is 4. The molecule has 0 bridgehead atoms. The van der Waals surface area contributed by atoms with E-state index in [2.05, 4.69) is 27.2 Å². The molecular weight excluding hydrogens is 362 g/mol. The maximum Gasteiger partial charge on any atom is 0.274 e. The molecule has 7 nitrogen and oxygen atoms in total. The van der Waals surface area contributed by atoms with E-state index < -0.39 is 5.56 Å². The van der Waals surface area contributed by atoms with E-state index in [1.807, 2.05) is 30.3 Å². The fourth-order valence-corrected chi connectivity index (χ4v) is 4.27. The van der Waals surface area contributed by atoms with Crippen molar-refractivity contribution in [1.82, 2.24) is 19.9 Å². The molecule has 1 N–H and O–H groups in total. The number of piperidine rings is 1. The van der Waals surface area contributed by atoms with Gasteiger partial charge in [-0.05, 0) is 24.3 Å². The Morgan fingerprint density at radius 3 is 2.93 bits per heavy atom. The summed E-state index contributed by atoms with van der Waals surface area (Å²) in [6.07, 6.45) is 2.33. The van der Waals surface area contributed by atoms with Crippen molar-refractivity contribution in [1.29, 1.82) is 0 Å². The lowest BCUT2D eigenvalue weighted by Crippen LogP contribution is -2.34. The van der Waals surface area contributed by atoms with Crippen LogP contribution in [0.2, 0.25) is 0 Å². The van der Waals surface area contributed by atoms with Crippen LogP contribution in [0.5, 0.6) is 0 Å². The van der Waals surface area contributed by atoms with Crippen molar-refractivity contribution < 1.29 is 4.79 Å². The third kappa shape index (κ3) is 3.85. The minimum absolute atomic E-state index is 0.216. The van der Waals surface area contributed by atoms with Crippen LogP contribution in [0.25, 0.3) is 4.96 Å². The average Bonchev–Trinajstić information content (AvgIpc) is 3.10. The number of carbonyl (C=O) groups is 1. The van der Waals surface area contributed by atoms with Gasteiger partial charge in [-0.2, -0.15) is 9.50 Å². The number of fused-ring (bicyclic) bond motifs is 1. The Hall–Kier alpha value is -2.74. The lowest BCUT2D eigenvalue weighted by Gasteiger charge is -2.30. The standard InChI is InChI=1S/C19H21N5O2S/c1-13-6-5-9-23(12-13)19-22-24-15(10-16(25)21-18(24)27-19)17(26)20-11-14-7-3-2-4-8-14/h2-4,7-8,10,13H,5-6,9,11-12H2,1H3,(H,20,26)/t13-/m1/s1. The fourth-order valence-electron chi connectivity index (χ4n) is 3.33. The summed E-state index contributed by atoms with van der Waals surface area (Å²) in [6.45, 7) is 4.48. The first-order valence-corrected chi connectivity index (χ1v) is 9.90. The van der Waals surface area contributed by atoms with Crippen LogP contribution < -0.4 is 15.8 Å². The second-order valence-electron chi connectivity index (χ2n) is 6.92. The van der Waals surface area contributed by atoms with Gasteiger partial charge in [-0.25, -0.2) is 0 Å². The summed E-state index contributed by atoms with van der Waals surface area (Å²) in [5.41, 5.74) is 0.778. The molecular formula is C19H21N5O2S. The van der Waals surface area contributed by atoms with E-state index >= 15 is 0 Å². The third-order valence-corrected chi connectivity index (χ3v) is 5.67. The van der Waals surface area contributed by atoms with Crippen molar-refractivity contribution in [2.24, 2.45) is 5.92 Å². The fraction of sp³-hybridized carbons (Fsp3) is 0.368. The van der Waals surface area contributed by atoms with Crippen molar-refractivity contribution in [2.45, 2.75) is 26.3 Å². The lowest BCUT2D eigenvalue weighted by molar-refractivity contribution is 0.0943. The van der Waals surface area contributed by atoms with Crippen molar-refractivity contribution >= 4 is 27.3 Å². The van der Waals surface area contributed by atoms with Gasteiger partial charge >= 0.3 is 0 Å². The molecule has 0 aliphatic carbocycles. The summed E-state index contributed by atoms with van der Waals surface area (Å²) in [7, 11) is 0. The zero-order valence-electron chi connectivity index (χ0n) is 15.1. The number of carbonyl (C=O) groups excluding carboxylic acids is 1. The van der Waals surface area contributed by atoms with Gasteiger partial charge < -0.3 is 10.2 Å². The van der Waals surface area contributed by atoms with E-state index in [0.717, 1.165) is 30.2 Å². The van der Waals surface area contributed by atoms with Crippen molar-refractivity contribution in [3.63, 3.8) is 0 Å². The number of hydrogen-bond donors (Lipinski definition) is 1. The number of aromatic nitrogens is 3. The van der Waals surface area contributed by atoms with Crippen molar-refractivity contribution in [2.75, 3.05) is 18.0 Å². The molecule has 1 amide bonds. The number of nitrogens with one attached hydrogen (secondary N) is 1.